The predicted molar refractivity (Wildman–Crippen MR) is 61.2 cm³/mol. The van der Waals surface area contributed by atoms with E-state index in [0.29, 0.717) is 13.2 Å². The molecule has 0 aromatic heterocycles. The van der Waals surface area contributed by atoms with E-state index in [1.165, 1.54) is 32.7 Å². The predicted octanol–water partition coefficient (Wildman–Crippen LogP) is 0.287. The molecule has 0 aromatic carbocycles. The highest BCUT2D eigenvalue weighted by Crippen LogP contribution is 2.00. The first-order valence-corrected chi connectivity index (χ1v) is 5.88. The molecule has 4 heteroatoms. The van der Waals surface area contributed by atoms with Crippen LogP contribution in [0.3, 0.4) is 0 Å². The zero-order valence-corrected chi connectivity index (χ0v) is 10.1. The van der Waals surface area contributed by atoms with Crippen molar-refractivity contribution < 1.29 is 9.47 Å². The van der Waals surface area contributed by atoms with Gasteiger partial charge < -0.3 is 14.4 Å². The number of ether oxygens (including phenoxy) is 2. The van der Waals surface area contributed by atoms with Crippen LogP contribution in [0.5, 0.6) is 0 Å². The van der Waals surface area contributed by atoms with Gasteiger partial charge in [-0.1, -0.05) is 6.92 Å². The van der Waals surface area contributed by atoms with Crippen LogP contribution in [0.4, 0.5) is 0 Å². The van der Waals surface area contributed by atoms with Gasteiger partial charge in [0.2, 0.25) is 0 Å². The maximum Gasteiger partial charge on any atom is 0.0700 e. The summed E-state index contributed by atoms with van der Waals surface area (Å²) in [7, 11) is 1.70. The number of methoxy groups -OCH3 is 1. The maximum absolute atomic E-state index is 5.45. The molecule has 0 bridgehead atoms. The lowest BCUT2D eigenvalue weighted by Crippen LogP contribution is -2.47. The van der Waals surface area contributed by atoms with Gasteiger partial charge in [-0.25, -0.2) is 0 Å². The summed E-state index contributed by atoms with van der Waals surface area (Å²) in [6.07, 6.45) is 0. The lowest BCUT2D eigenvalue weighted by Gasteiger charge is -2.33. The fraction of sp³-hybridized carbons (Fsp3) is 1.00. The van der Waals surface area contributed by atoms with Gasteiger partial charge in [0.15, 0.2) is 0 Å². The topological polar surface area (TPSA) is 24.9 Å². The molecule has 0 aromatic rings. The van der Waals surface area contributed by atoms with Crippen molar-refractivity contribution in [3.63, 3.8) is 0 Å². The van der Waals surface area contributed by atoms with E-state index < -0.39 is 0 Å². The molecule has 0 aliphatic carbocycles. The molecule has 0 spiro atoms. The van der Waals surface area contributed by atoms with Gasteiger partial charge in [-0.05, 0) is 6.54 Å². The van der Waals surface area contributed by atoms with Crippen LogP contribution in [0.1, 0.15) is 6.92 Å². The number of piperazine rings is 1. The van der Waals surface area contributed by atoms with Crippen LogP contribution in [0.25, 0.3) is 0 Å². The third-order valence-corrected chi connectivity index (χ3v) is 2.90. The molecular formula is C11H24N2O2. The van der Waals surface area contributed by atoms with Crippen molar-refractivity contribution in [3.05, 3.63) is 0 Å². The summed E-state index contributed by atoms with van der Waals surface area (Å²) in [6, 6.07) is 0. The molecule has 1 rings (SSSR count). The highest BCUT2D eigenvalue weighted by molar-refractivity contribution is 4.70. The van der Waals surface area contributed by atoms with Crippen LogP contribution >= 0.6 is 0 Å². The number of nitrogens with zero attached hydrogens (tertiary/aromatic N) is 2. The maximum atomic E-state index is 5.45. The van der Waals surface area contributed by atoms with Gasteiger partial charge in [-0.15, -0.1) is 0 Å². The lowest BCUT2D eigenvalue weighted by molar-refractivity contribution is 0.0467. The van der Waals surface area contributed by atoms with E-state index >= 15 is 0 Å². The Labute approximate surface area is 93.1 Å². The molecule has 1 fully saturated rings. The van der Waals surface area contributed by atoms with Crippen molar-refractivity contribution in [3.8, 4) is 0 Å². The third kappa shape index (κ3) is 5.47. The molecule has 0 radical (unpaired) electrons. The van der Waals surface area contributed by atoms with Gasteiger partial charge in [-0.2, -0.15) is 0 Å². The summed E-state index contributed by atoms with van der Waals surface area (Å²) in [4.78, 5) is 4.96. The minimum atomic E-state index is 0.698. The van der Waals surface area contributed by atoms with Crippen molar-refractivity contribution in [1.82, 2.24) is 9.80 Å². The number of hydrogen-bond acceptors (Lipinski definition) is 4. The smallest absolute Gasteiger partial charge is 0.0700 e. The Hall–Kier alpha value is -0.160. The van der Waals surface area contributed by atoms with Gasteiger partial charge in [0.1, 0.15) is 0 Å². The highest BCUT2D eigenvalue weighted by Gasteiger charge is 2.14. The first-order valence-electron chi connectivity index (χ1n) is 5.88. The number of hydrogen-bond donors (Lipinski definition) is 0. The fourth-order valence-electron chi connectivity index (χ4n) is 1.77. The zero-order valence-electron chi connectivity index (χ0n) is 10.1. The Morgan fingerprint density at radius 2 is 1.60 bits per heavy atom. The van der Waals surface area contributed by atoms with Crippen molar-refractivity contribution in [1.29, 1.82) is 0 Å². The lowest BCUT2D eigenvalue weighted by atomic mass is 10.3. The molecule has 1 heterocycles. The average molecular weight is 216 g/mol. The van der Waals surface area contributed by atoms with E-state index in [9.17, 15) is 0 Å². The Kier molecular flexibility index (Phi) is 6.92. The standard InChI is InChI=1S/C11H24N2O2/c1-3-12-4-6-13(7-5-12)8-9-15-11-10-14-2/h3-11H2,1-2H3. The Morgan fingerprint density at radius 1 is 0.933 bits per heavy atom. The summed E-state index contributed by atoms with van der Waals surface area (Å²) in [5.74, 6) is 0. The van der Waals surface area contributed by atoms with Crippen LogP contribution < -0.4 is 0 Å². The molecule has 0 saturated carbocycles. The second-order valence-corrected chi connectivity index (χ2v) is 3.88. The summed E-state index contributed by atoms with van der Waals surface area (Å²) in [5.41, 5.74) is 0. The van der Waals surface area contributed by atoms with Crippen LogP contribution in [-0.4, -0.2) is 76.0 Å². The molecule has 1 aliphatic rings. The van der Waals surface area contributed by atoms with Crippen LogP contribution in [0.15, 0.2) is 0 Å². The molecule has 0 amide bonds. The zero-order chi connectivity index (χ0) is 10.9. The quantitative estimate of drug-likeness (QED) is 0.571. The first kappa shape index (κ1) is 12.9. The first-order chi connectivity index (χ1) is 7.36. The van der Waals surface area contributed by atoms with Crippen molar-refractivity contribution in [2.45, 2.75) is 6.92 Å². The molecule has 90 valence electrons. The van der Waals surface area contributed by atoms with Crippen molar-refractivity contribution >= 4 is 0 Å². The molecular weight excluding hydrogens is 192 g/mol. The molecule has 0 unspecified atom stereocenters. The molecule has 4 nitrogen and oxygen atoms in total. The Balaban J connectivity index is 1.94. The minimum absolute atomic E-state index is 0.698. The van der Waals surface area contributed by atoms with E-state index in [4.69, 9.17) is 9.47 Å². The van der Waals surface area contributed by atoms with E-state index in [1.54, 1.807) is 7.11 Å². The van der Waals surface area contributed by atoms with Crippen molar-refractivity contribution in [2.75, 3.05) is 66.2 Å². The van der Waals surface area contributed by atoms with Gasteiger partial charge >= 0.3 is 0 Å². The van der Waals surface area contributed by atoms with Gasteiger partial charge in [-0.3, -0.25) is 4.90 Å². The fourth-order valence-corrected chi connectivity index (χ4v) is 1.77. The number of rotatable bonds is 7. The third-order valence-electron chi connectivity index (χ3n) is 2.90. The summed E-state index contributed by atoms with van der Waals surface area (Å²) in [6.45, 7) is 11.5. The largest absolute Gasteiger partial charge is 0.382 e. The van der Waals surface area contributed by atoms with E-state index in [1.807, 2.05) is 0 Å². The molecule has 15 heavy (non-hydrogen) atoms. The average Bonchev–Trinajstić information content (AvgIpc) is 2.30. The van der Waals surface area contributed by atoms with Gasteiger partial charge in [0, 0.05) is 39.8 Å². The SMILES string of the molecule is CCN1CCN(CCOCCOC)CC1. The molecule has 1 aliphatic heterocycles. The molecule has 1 saturated heterocycles. The normalized spacial score (nSPS) is 19.6. The van der Waals surface area contributed by atoms with E-state index in [-0.39, 0.29) is 0 Å². The summed E-state index contributed by atoms with van der Waals surface area (Å²) >= 11 is 0. The Morgan fingerprint density at radius 3 is 2.20 bits per heavy atom. The summed E-state index contributed by atoms with van der Waals surface area (Å²) in [5, 5.41) is 0. The van der Waals surface area contributed by atoms with Crippen molar-refractivity contribution in [2.24, 2.45) is 0 Å². The summed E-state index contributed by atoms with van der Waals surface area (Å²) < 4.78 is 10.4. The van der Waals surface area contributed by atoms with Gasteiger partial charge in [0.05, 0.1) is 19.8 Å². The number of likely N-dealkylation sites (N-methyl/N-ethyl adjacent to an activating group) is 1. The second kappa shape index (κ2) is 8.05. The molecule has 0 N–H and O–H groups in total. The minimum Gasteiger partial charge on any atom is -0.382 e. The monoisotopic (exact) mass is 216 g/mol. The van der Waals surface area contributed by atoms with Crippen LogP contribution in [-0.2, 0) is 9.47 Å². The second-order valence-electron chi connectivity index (χ2n) is 3.88. The van der Waals surface area contributed by atoms with Crippen LogP contribution in [0, 0.1) is 0 Å². The highest BCUT2D eigenvalue weighted by atomic mass is 16.5. The van der Waals surface area contributed by atoms with Crippen LogP contribution in [0.2, 0.25) is 0 Å². The van der Waals surface area contributed by atoms with Gasteiger partial charge in [0.25, 0.3) is 0 Å². The van der Waals surface area contributed by atoms with E-state index in [0.717, 1.165) is 13.2 Å². The Bertz CT molecular complexity index is 148. The molecule has 0 atom stereocenters. The van der Waals surface area contributed by atoms with E-state index in [2.05, 4.69) is 16.7 Å².